The minimum absolute atomic E-state index is 0.0722. The van der Waals surface area contributed by atoms with Gasteiger partial charge in [0.1, 0.15) is 0 Å². The molecule has 0 radical (unpaired) electrons. The van der Waals surface area contributed by atoms with Crippen molar-refractivity contribution in [1.82, 2.24) is 0 Å². The van der Waals surface area contributed by atoms with E-state index in [4.69, 9.17) is 23.2 Å². The standard InChI is InChI=1S/C10H7ClF6.C9H8ClF3/c1-5(11)6-2-7(9(12,13)14)4-8(3-6)10(15,16)17;1-6(10)7-2-4-8(5-3-7)9(11,12)13/h2-5H,1H3;2-6H,1H3. The first-order chi connectivity index (χ1) is 13.4. The molecule has 2 unspecified atom stereocenters. The van der Waals surface area contributed by atoms with Crippen molar-refractivity contribution in [1.29, 1.82) is 0 Å². The minimum atomic E-state index is -4.83. The third kappa shape index (κ3) is 7.91. The van der Waals surface area contributed by atoms with Crippen molar-refractivity contribution in [2.45, 2.75) is 43.1 Å². The number of rotatable bonds is 2. The molecule has 0 heterocycles. The third-order valence-electron chi connectivity index (χ3n) is 3.77. The number of benzene rings is 2. The van der Waals surface area contributed by atoms with Crippen LogP contribution in [0.1, 0.15) is 52.4 Å². The van der Waals surface area contributed by atoms with Crippen molar-refractivity contribution in [2.75, 3.05) is 0 Å². The molecule has 0 bridgehead atoms. The highest BCUT2D eigenvalue weighted by molar-refractivity contribution is 6.20. The van der Waals surface area contributed by atoms with Gasteiger partial charge in [-0.1, -0.05) is 12.1 Å². The first-order valence-corrected chi connectivity index (χ1v) is 9.05. The Labute approximate surface area is 176 Å². The lowest BCUT2D eigenvalue weighted by Gasteiger charge is -2.14. The zero-order valence-corrected chi connectivity index (χ0v) is 16.9. The van der Waals surface area contributed by atoms with Gasteiger partial charge in [-0.3, -0.25) is 0 Å². The van der Waals surface area contributed by atoms with Crippen molar-refractivity contribution < 1.29 is 39.5 Å². The van der Waals surface area contributed by atoms with E-state index in [1.54, 1.807) is 6.92 Å². The summed E-state index contributed by atoms with van der Waals surface area (Å²) in [6, 6.07) is 6.16. The number of halogens is 11. The predicted octanol–water partition coefficient (Wildman–Crippen LogP) is 9.03. The molecule has 0 spiro atoms. The summed E-state index contributed by atoms with van der Waals surface area (Å²) in [6.45, 7) is 3.02. The molecule has 0 saturated carbocycles. The van der Waals surface area contributed by atoms with Gasteiger partial charge in [-0.2, -0.15) is 39.5 Å². The van der Waals surface area contributed by atoms with Crippen LogP contribution in [0.3, 0.4) is 0 Å². The Balaban J connectivity index is 0.000000311. The van der Waals surface area contributed by atoms with Crippen molar-refractivity contribution in [3.63, 3.8) is 0 Å². The molecule has 2 aromatic rings. The summed E-state index contributed by atoms with van der Waals surface area (Å²) in [7, 11) is 0. The van der Waals surface area contributed by atoms with E-state index in [0.29, 0.717) is 17.7 Å². The van der Waals surface area contributed by atoms with Gasteiger partial charge in [0.15, 0.2) is 0 Å². The molecule has 0 amide bonds. The summed E-state index contributed by atoms with van der Waals surface area (Å²) in [5.41, 5.74) is -2.87. The molecular formula is C19H15Cl2F9. The van der Waals surface area contributed by atoms with Crippen LogP contribution < -0.4 is 0 Å². The highest BCUT2D eigenvalue weighted by atomic mass is 35.5. The number of hydrogen-bond acceptors (Lipinski definition) is 0. The highest BCUT2D eigenvalue weighted by Gasteiger charge is 2.37. The van der Waals surface area contributed by atoms with E-state index in [2.05, 4.69) is 0 Å². The van der Waals surface area contributed by atoms with Gasteiger partial charge in [-0.15, -0.1) is 23.2 Å². The summed E-state index contributed by atoms with van der Waals surface area (Å²) < 4.78 is 111. The molecule has 2 aromatic carbocycles. The van der Waals surface area contributed by atoms with Crippen LogP contribution in [0, 0.1) is 0 Å². The van der Waals surface area contributed by atoms with Crippen molar-refractivity contribution in [2.24, 2.45) is 0 Å². The van der Waals surface area contributed by atoms with Crippen LogP contribution in [0.25, 0.3) is 0 Å². The molecule has 2 rings (SSSR count). The lowest BCUT2D eigenvalue weighted by Crippen LogP contribution is -2.11. The molecule has 0 nitrogen and oxygen atoms in total. The lowest BCUT2D eigenvalue weighted by atomic mass is 10.0. The van der Waals surface area contributed by atoms with Crippen molar-refractivity contribution >= 4 is 23.2 Å². The first kappa shape index (κ1) is 26.4. The maximum Gasteiger partial charge on any atom is 0.416 e. The quantitative estimate of drug-likeness (QED) is 0.294. The number of alkyl halides is 11. The molecule has 0 aliphatic carbocycles. The van der Waals surface area contributed by atoms with Gasteiger partial charge in [-0.25, -0.2) is 0 Å². The smallest absolute Gasteiger partial charge is 0.166 e. The number of hydrogen-bond donors (Lipinski definition) is 0. The van der Waals surface area contributed by atoms with Crippen LogP contribution in [0.15, 0.2) is 42.5 Å². The fourth-order valence-corrected chi connectivity index (χ4v) is 2.42. The highest BCUT2D eigenvalue weighted by Crippen LogP contribution is 2.38. The SMILES string of the molecule is CC(Cl)c1cc(C(F)(F)F)cc(C(F)(F)F)c1.CC(Cl)c1ccc(C(F)(F)F)cc1. The summed E-state index contributed by atoms with van der Waals surface area (Å²) in [5.74, 6) is 0. The van der Waals surface area contributed by atoms with E-state index in [0.717, 1.165) is 12.1 Å². The molecule has 0 aliphatic rings. The van der Waals surface area contributed by atoms with Crippen molar-refractivity contribution in [3.05, 3.63) is 70.3 Å². The second-order valence-electron chi connectivity index (χ2n) is 6.19. The average molecular weight is 485 g/mol. The predicted molar refractivity (Wildman–Crippen MR) is 96.4 cm³/mol. The van der Waals surface area contributed by atoms with Crippen molar-refractivity contribution in [3.8, 4) is 0 Å². The van der Waals surface area contributed by atoms with Gasteiger partial charge in [-0.05, 0) is 55.3 Å². The molecule has 11 heteroatoms. The molecule has 0 fully saturated rings. The summed E-state index contributed by atoms with van der Waals surface area (Å²) in [4.78, 5) is 0. The Hall–Kier alpha value is -1.61. The monoisotopic (exact) mass is 484 g/mol. The fraction of sp³-hybridized carbons (Fsp3) is 0.368. The molecule has 2 atom stereocenters. The van der Waals surface area contributed by atoms with Crippen LogP contribution in [0.4, 0.5) is 39.5 Å². The van der Waals surface area contributed by atoms with Crippen LogP contribution in [0.5, 0.6) is 0 Å². The molecule has 168 valence electrons. The normalized spacial score (nSPS) is 14.6. The van der Waals surface area contributed by atoms with Gasteiger partial charge < -0.3 is 0 Å². The molecule has 0 saturated heterocycles. The Morgan fingerprint density at radius 3 is 1.13 bits per heavy atom. The first-order valence-electron chi connectivity index (χ1n) is 8.17. The van der Waals surface area contributed by atoms with Crippen LogP contribution >= 0.6 is 23.2 Å². The summed E-state index contributed by atoms with van der Waals surface area (Å²) in [5, 5.41) is -1.19. The van der Waals surface area contributed by atoms with E-state index >= 15 is 0 Å². The topological polar surface area (TPSA) is 0 Å². The Bertz CT molecular complexity index is 786. The van der Waals surface area contributed by atoms with Gasteiger partial charge >= 0.3 is 18.5 Å². The van der Waals surface area contributed by atoms with Gasteiger partial charge in [0.25, 0.3) is 0 Å². The fourth-order valence-electron chi connectivity index (χ4n) is 2.15. The third-order valence-corrected chi connectivity index (χ3v) is 4.27. The van der Waals surface area contributed by atoms with E-state index in [9.17, 15) is 39.5 Å². The largest absolute Gasteiger partial charge is 0.416 e. The minimum Gasteiger partial charge on any atom is -0.166 e. The molecule has 0 aliphatic heterocycles. The molecule has 0 aromatic heterocycles. The van der Waals surface area contributed by atoms with E-state index in [1.807, 2.05) is 0 Å². The van der Waals surface area contributed by atoms with Crippen LogP contribution in [-0.4, -0.2) is 0 Å². The Kier molecular flexibility index (Phi) is 8.53. The van der Waals surface area contributed by atoms with Gasteiger partial charge in [0, 0.05) is 0 Å². The summed E-state index contributed by atoms with van der Waals surface area (Å²) >= 11 is 11.2. The van der Waals surface area contributed by atoms with Crippen LogP contribution in [-0.2, 0) is 18.5 Å². The Morgan fingerprint density at radius 1 is 0.533 bits per heavy atom. The maximum atomic E-state index is 12.4. The second kappa shape index (κ2) is 9.68. The summed E-state index contributed by atoms with van der Waals surface area (Å²) in [6.07, 6.45) is -13.9. The van der Waals surface area contributed by atoms with Gasteiger partial charge in [0.2, 0.25) is 0 Å². The lowest BCUT2D eigenvalue weighted by molar-refractivity contribution is -0.143. The zero-order valence-electron chi connectivity index (χ0n) is 15.4. The zero-order chi connectivity index (χ0) is 23.5. The van der Waals surface area contributed by atoms with E-state index in [-0.39, 0.29) is 17.0 Å². The van der Waals surface area contributed by atoms with E-state index < -0.39 is 40.6 Å². The average Bonchev–Trinajstić information content (AvgIpc) is 2.59. The molecule has 30 heavy (non-hydrogen) atoms. The van der Waals surface area contributed by atoms with Gasteiger partial charge in [0.05, 0.1) is 27.4 Å². The maximum absolute atomic E-state index is 12.4. The molecule has 0 N–H and O–H groups in total. The Morgan fingerprint density at radius 2 is 0.867 bits per heavy atom. The van der Waals surface area contributed by atoms with Crippen LogP contribution in [0.2, 0.25) is 0 Å². The second-order valence-corrected chi connectivity index (χ2v) is 7.50. The molecular weight excluding hydrogens is 470 g/mol. The van der Waals surface area contributed by atoms with E-state index in [1.165, 1.54) is 19.1 Å².